The Hall–Kier alpha value is -1.50. The van der Waals surface area contributed by atoms with Gasteiger partial charge in [0.15, 0.2) is 0 Å². The minimum Gasteiger partial charge on any atom is -0.235 e. The maximum Gasteiger partial charge on any atom is 0.228 e. The Morgan fingerprint density at radius 3 is 2.70 bits per heavy atom. The van der Waals surface area contributed by atoms with Gasteiger partial charge in [0.2, 0.25) is 11.6 Å². The average molecular weight is 140 g/mol. The van der Waals surface area contributed by atoms with Gasteiger partial charge in [-0.3, -0.25) is 0 Å². The summed E-state index contributed by atoms with van der Waals surface area (Å²) >= 11 is 0. The molecule has 50 valence electrons. The summed E-state index contributed by atoms with van der Waals surface area (Å²) in [7, 11) is 0. The van der Waals surface area contributed by atoms with Crippen molar-refractivity contribution in [3.63, 3.8) is 0 Å². The van der Waals surface area contributed by atoms with Crippen molar-refractivity contribution in [2.75, 3.05) is 0 Å². The molecule has 1 aromatic heterocycles. The molecule has 0 saturated carbocycles. The molecule has 10 heavy (non-hydrogen) atoms. The summed E-state index contributed by atoms with van der Waals surface area (Å²) in [5.74, 6) is -1.64. The lowest BCUT2D eigenvalue weighted by atomic mass is 10.4. The SMILES string of the molecule is [C-]#[N+]c1cc(F)ncc1F. The van der Waals surface area contributed by atoms with Crippen molar-refractivity contribution >= 4 is 5.69 Å². The molecule has 0 aliphatic heterocycles. The van der Waals surface area contributed by atoms with E-state index < -0.39 is 11.8 Å². The Labute approximate surface area is 55.9 Å². The molecular weight excluding hydrogens is 138 g/mol. The van der Waals surface area contributed by atoms with Gasteiger partial charge in [-0.15, -0.1) is 0 Å². The molecule has 2 nitrogen and oxygen atoms in total. The maximum absolute atomic E-state index is 12.3. The molecule has 4 heteroatoms. The molecule has 0 fully saturated rings. The monoisotopic (exact) mass is 140 g/mol. The van der Waals surface area contributed by atoms with Crippen LogP contribution in [0.15, 0.2) is 12.3 Å². The summed E-state index contributed by atoms with van der Waals surface area (Å²) in [5, 5.41) is 0. The normalized spacial score (nSPS) is 8.90. The van der Waals surface area contributed by atoms with Crippen molar-refractivity contribution in [2.24, 2.45) is 0 Å². The Balaban J connectivity index is 3.25. The third kappa shape index (κ3) is 1.08. The Morgan fingerprint density at radius 1 is 1.50 bits per heavy atom. The predicted molar refractivity (Wildman–Crippen MR) is 30.4 cm³/mol. The summed E-state index contributed by atoms with van der Waals surface area (Å²) in [6.45, 7) is 6.37. The lowest BCUT2D eigenvalue weighted by Crippen LogP contribution is -1.82. The lowest BCUT2D eigenvalue weighted by Gasteiger charge is -1.89. The first-order valence-corrected chi connectivity index (χ1v) is 2.42. The molecule has 0 atom stereocenters. The van der Waals surface area contributed by atoms with Crippen LogP contribution in [0.3, 0.4) is 0 Å². The van der Waals surface area contributed by atoms with Crippen LogP contribution >= 0.6 is 0 Å². The number of rotatable bonds is 0. The fraction of sp³-hybridized carbons (Fsp3) is 0. The molecule has 1 aromatic rings. The van der Waals surface area contributed by atoms with Gasteiger partial charge in [-0.1, -0.05) is 0 Å². The van der Waals surface area contributed by atoms with Crippen LogP contribution in [-0.2, 0) is 0 Å². The number of halogens is 2. The van der Waals surface area contributed by atoms with E-state index in [1.807, 2.05) is 0 Å². The molecule has 0 radical (unpaired) electrons. The van der Waals surface area contributed by atoms with E-state index >= 15 is 0 Å². The quantitative estimate of drug-likeness (QED) is 0.397. The molecule has 0 spiro atoms. The van der Waals surface area contributed by atoms with Gasteiger partial charge in [0.25, 0.3) is 0 Å². The fourth-order valence-corrected chi connectivity index (χ4v) is 0.489. The Morgan fingerprint density at radius 2 is 2.20 bits per heavy atom. The average Bonchev–Trinajstić information content (AvgIpc) is 1.94. The van der Waals surface area contributed by atoms with E-state index in [2.05, 4.69) is 9.83 Å². The second-order valence-electron chi connectivity index (χ2n) is 1.57. The maximum atomic E-state index is 12.3. The van der Waals surface area contributed by atoms with Gasteiger partial charge < -0.3 is 0 Å². The highest BCUT2D eigenvalue weighted by molar-refractivity contribution is 5.43. The molecule has 0 amide bonds. The van der Waals surface area contributed by atoms with Gasteiger partial charge in [0.1, 0.15) is 5.82 Å². The highest BCUT2D eigenvalue weighted by Gasteiger charge is 2.02. The van der Waals surface area contributed by atoms with Gasteiger partial charge in [-0.25, -0.2) is 14.2 Å². The fourth-order valence-electron chi connectivity index (χ4n) is 0.489. The number of pyridine rings is 1. The van der Waals surface area contributed by atoms with E-state index in [1.165, 1.54) is 0 Å². The second kappa shape index (κ2) is 2.40. The van der Waals surface area contributed by atoms with Crippen LogP contribution in [0.2, 0.25) is 0 Å². The molecule has 1 heterocycles. The van der Waals surface area contributed by atoms with Crippen molar-refractivity contribution in [3.8, 4) is 0 Å². The molecule has 1 rings (SSSR count). The summed E-state index contributed by atoms with van der Waals surface area (Å²) in [4.78, 5) is 5.73. The smallest absolute Gasteiger partial charge is 0.228 e. The zero-order chi connectivity index (χ0) is 7.56. The van der Waals surface area contributed by atoms with E-state index in [-0.39, 0.29) is 5.69 Å². The molecule has 0 saturated heterocycles. The van der Waals surface area contributed by atoms with E-state index in [0.717, 1.165) is 6.07 Å². The van der Waals surface area contributed by atoms with Crippen molar-refractivity contribution in [2.45, 2.75) is 0 Å². The van der Waals surface area contributed by atoms with Crippen molar-refractivity contribution in [1.29, 1.82) is 0 Å². The molecule has 0 bridgehead atoms. The van der Waals surface area contributed by atoms with Crippen molar-refractivity contribution in [3.05, 3.63) is 35.4 Å². The predicted octanol–water partition coefficient (Wildman–Crippen LogP) is 1.91. The zero-order valence-electron chi connectivity index (χ0n) is 4.81. The van der Waals surface area contributed by atoms with Crippen molar-refractivity contribution in [1.82, 2.24) is 4.98 Å². The summed E-state index contributed by atoms with van der Waals surface area (Å²) < 4.78 is 24.4. The first-order valence-electron chi connectivity index (χ1n) is 2.42. The molecule has 0 unspecified atom stereocenters. The standard InChI is InChI=1S/C6H2F2N2/c1-9-5-2-6(8)10-3-4(5)7/h2-3H. The van der Waals surface area contributed by atoms with Crippen LogP contribution in [0.5, 0.6) is 0 Å². The van der Waals surface area contributed by atoms with Crippen LogP contribution in [0.25, 0.3) is 4.85 Å². The van der Waals surface area contributed by atoms with Crippen LogP contribution in [0.4, 0.5) is 14.5 Å². The largest absolute Gasteiger partial charge is 0.235 e. The molecule has 0 aromatic carbocycles. The first-order chi connectivity index (χ1) is 4.74. The summed E-state index contributed by atoms with van der Waals surface area (Å²) in [5.41, 5.74) is -0.340. The summed E-state index contributed by atoms with van der Waals surface area (Å²) in [6, 6.07) is 0.752. The second-order valence-corrected chi connectivity index (χ2v) is 1.57. The minimum atomic E-state index is -0.840. The van der Waals surface area contributed by atoms with Crippen LogP contribution < -0.4 is 0 Å². The third-order valence-electron chi connectivity index (χ3n) is 0.922. The van der Waals surface area contributed by atoms with Crippen LogP contribution in [0.1, 0.15) is 0 Å². The van der Waals surface area contributed by atoms with E-state index in [1.54, 1.807) is 0 Å². The van der Waals surface area contributed by atoms with E-state index in [0.29, 0.717) is 6.20 Å². The zero-order valence-corrected chi connectivity index (χ0v) is 4.81. The summed E-state index contributed by atoms with van der Waals surface area (Å²) in [6.07, 6.45) is 0.683. The van der Waals surface area contributed by atoms with Gasteiger partial charge in [-0.2, -0.15) is 4.39 Å². The number of nitrogens with zero attached hydrogens (tertiary/aromatic N) is 2. The van der Waals surface area contributed by atoms with E-state index in [4.69, 9.17) is 6.57 Å². The number of hydrogen-bond donors (Lipinski definition) is 0. The van der Waals surface area contributed by atoms with Gasteiger partial charge in [0, 0.05) is 6.07 Å². The van der Waals surface area contributed by atoms with E-state index in [9.17, 15) is 8.78 Å². The third-order valence-corrected chi connectivity index (χ3v) is 0.922. The van der Waals surface area contributed by atoms with Gasteiger partial charge in [0.05, 0.1) is 12.8 Å². The van der Waals surface area contributed by atoms with Crippen LogP contribution in [-0.4, -0.2) is 4.98 Å². The molecular formula is C6H2F2N2. The van der Waals surface area contributed by atoms with Crippen LogP contribution in [0, 0.1) is 18.3 Å². The number of hydrogen-bond acceptors (Lipinski definition) is 1. The first kappa shape index (κ1) is 6.62. The van der Waals surface area contributed by atoms with Crippen molar-refractivity contribution < 1.29 is 8.78 Å². The Kier molecular flexibility index (Phi) is 1.59. The number of aromatic nitrogens is 1. The van der Waals surface area contributed by atoms with Gasteiger partial charge in [-0.05, 0) is 0 Å². The minimum absolute atomic E-state index is 0.340. The molecule has 0 N–H and O–H groups in total. The van der Waals surface area contributed by atoms with Gasteiger partial charge >= 0.3 is 0 Å². The topological polar surface area (TPSA) is 17.2 Å². The lowest BCUT2D eigenvalue weighted by molar-refractivity contribution is 0.563. The highest BCUT2D eigenvalue weighted by atomic mass is 19.1. The Bertz CT molecular complexity index is 290. The molecule has 0 aliphatic rings. The highest BCUT2D eigenvalue weighted by Crippen LogP contribution is 2.15. The molecule has 0 aliphatic carbocycles.